The van der Waals surface area contributed by atoms with Crippen LogP contribution >= 0.6 is 0 Å². The molecule has 1 N–H and O–H groups in total. The molecule has 0 radical (unpaired) electrons. The number of ether oxygens (including phenoxy) is 1. The maximum absolute atomic E-state index is 11.8. The third-order valence-electron chi connectivity index (χ3n) is 2.90. The fourth-order valence-corrected chi connectivity index (χ4v) is 2.03. The van der Waals surface area contributed by atoms with E-state index >= 15 is 0 Å². The van der Waals surface area contributed by atoms with Gasteiger partial charge in [-0.3, -0.25) is 0 Å². The van der Waals surface area contributed by atoms with Gasteiger partial charge in [0, 0.05) is 0 Å². The molecule has 3 nitrogen and oxygen atoms in total. The molecule has 2 aromatic carbocycles. The Labute approximate surface area is 112 Å². The lowest BCUT2D eigenvalue weighted by Gasteiger charge is -2.10. The van der Waals surface area contributed by atoms with E-state index < -0.39 is 5.97 Å². The van der Waals surface area contributed by atoms with Gasteiger partial charge in [0.15, 0.2) is 0 Å². The van der Waals surface area contributed by atoms with Crippen molar-refractivity contribution in [2.24, 2.45) is 0 Å². The van der Waals surface area contributed by atoms with Gasteiger partial charge in [0.2, 0.25) is 0 Å². The van der Waals surface area contributed by atoms with Crippen LogP contribution in [0, 0.1) is 6.92 Å². The summed E-state index contributed by atoms with van der Waals surface area (Å²) in [6.45, 7) is 3.82. The average Bonchev–Trinajstić information content (AvgIpc) is 2.39. The van der Waals surface area contributed by atoms with Crippen LogP contribution in [-0.2, 0) is 4.74 Å². The van der Waals surface area contributed by atoms with Crippen LogP contribution in [0.4, 0.5) is 0 Å². The van der Waals surface area contributed by atoms with Gasteiger partial charge < -0.3 is 9.84 Å². The lowest BCUT2D eigenvalue weighted by Crippen LogP contribution is -2.07. The zero-order valence-corrected chi connectivity index (χ0v) is 11.0. The summed E-state index contributed by atoms with van der Waals surface area (Å²) in [4.78, 5) is 11.8. The summed E-state index contributed by atoms with van der Waals surface area (Å²) < 4.78 is 4.94. The van der Waals surface area contributed by atoms with Gasteiger partial charge in [0.25, 0.3) is 0 Å². The fraction of sp³-hybridized carbons (Fsp3) is 0.188. The highest BCUT2D eigenvalue weighted by molar-refractivity contribution is 5.95. The van der Waals surface area contributed by atoms with E-state index in [9.17, 15) is 9.90 Å². The predicted molar refractivity (Wildman–Crippen MR) is 74.2 cm³/mol. The minimum absolute atomic E-state index is 0.0442. The van der Waals surface area contributed by atoms with Crippen molar-refractivity contribution in [1.82, 2.24) is 0 Å². The molecule has 0 saturated carbocycles. The highest BCUT2D eigenvalue weighted by Crippen LogP contribution is 2.29. The Morgan fingerprint density at radius 3 is 2.42 bits per heavy atom. The van der Waals surface area contributed by atoms with Gasteiger partial charge in [-0.15, -0.1) is 0 Å². The van der Waals surface area contributed by atoms with Gasteiger partial charge in [-0.2, -0.15) is 0 Å². The number of hydrogen-bond acceptors (Lipinski definition) is 3. The van der Waals surface area contributed by atoms with Gasteiger partial charge in [-0.25, -0.2) is 4.79 Å². The SMILES string of the molecule is CCOC(=O)c1c(C)cc(-c2ccccc2)cc1O. The van der Waals surface area contributed by atoms with Crippen molar-refractivity contribution in [2.45, 2.75) is 13.8 Å². The molecule has 0 saturated heterocycles. The van der Waals surface area contributed by atoms with E-state index in [0.717, 1.165) is 11.1 Å². The summed E-state index contributed by atoms with van der Waals surface area (Å²) in [6.07, 6.45) is 0. The number of aromatic hydroxyl groups is 1. The van der Waals surface area contributed by atoms with Crippen molar-refractivity contribution in [2.75, 3.05) is 6.61 Å². The van der Waals surface area contributed by atoms with Crippen molar-refractivity contribution < 1.29 is 14.6 Å². The summed E-state index contributed by atoms with van der Waals surface area (Å²) in [6, 6.07) is 13.2. The molecule has 0 fully saturated rings. The zero-order valence-electron chi connectivity index (χ0n) is 11.0. The van der Waals surface area contributed by atoms with E-state index in [1.807, 2.05) is 36.4 Å². The van der Waals surface area contributed by atoms with Crippen LogP contribution in [0.3, 0.4) is 0 Å². The van der Waals surface area contributed by atoms with Crippen LogP contribution in [0.5, 0.6) is 5.75 Å². The van der Waals surface area contributed by atoms with Crippen molar-refractivity contribution in [3.05, 3.63) is 53.6 Å². The molecule has 3 heteroatoms. The number of hydrogen-bond donors (Lipinski definition) is 1. The largest absolute Gasteiger partial charge is 0.507 e. The quantitative estimate of drug-likeness (QED) is 0.854. The van der Waals surface area contributed by atoms with Crippen molar-refractivity contribution in [1.29, 1.82) is 0 Å². The monoisotopic (exact) mass is 256 g/mol. The molecule has 0 bridgehead atoms. The second-order valence-corrected chi connectivity index (χ2v) is 4.27. The first kappa shape index (κ1) is 13.1. The standard InChI is InChI=1S/C16H16O3/c1-3-19-16(18)15-11(2)9-13(10-14(15)17)12-7-5-4-6-8-12/h4-10,17H,3H2,1-2H3. The minimum Gasteiger partial charge on any atom is -0.507 e. The van der Waals surface area contributed by atoms with Crippen LogP contribution in [0.25, 0.3) is 11.1 Å². The third kappa shape index (κ3) is 2.76. The zero-order chi connectivity index (χ0) is 13.8. The molecule has 98 valence electrons. The number of benzene rings is 2. The average molecular weight is 256 g/mol. The summed E-state index contributed by atoms with van der Waals surface area (Å²) in [5.74, 6) is -0.533. The molecular formula is C16H16O3. The van der Waals surface area contributed by atoms with Crippen LogP contribution in [0.2, 0.25) is 0 Å². The first-order chi connectivity index (χ1) is 9.13. The van der Waals surface area contributed by atoms with E-state index in [2.05, 4.69) is 0 Å². The molecule has 0 heterocycles. The van der Waals surface area contributed by atoms with E-state index in [0.29, 0.717) is 5.56 Å². The molecule has 0 aliphatic rings. The number of esters is 1. The fourth-order valence-electron chi connectivity index (χ4n) is 2.03. The van der Waals surface area contributed by atoms with Gasteiger partial charge >= 0.3 is 5.97 Å². The molecule has 19 heavy (non-hydrogen) atoms. The summed E-state index contributed by atoms with van der Waals surface area (Å²) in [7, 11) is 0. The van der Waals surface area contributed by atoms with E-state index in [4.69, 9.17) is 4.74 Å². The van der Waals surface area contributed by atoms with Crippen LogP contribution in [0.1, 0.15) is 22.8 Å². The molecule has 0 aliphatic heterocycles. The first-order valence-corrected chi connectivity index (χ1v) is 6.19. The molecule has 0 atom stereocenters. The van der Waals surface area contributed by atoms with Crippen molar-refractivity contribution >= 4 is 5.97 Å². The van der Waals surface area contributed by atoms with E-state index in [1.165, 1.54) is 0 Å². The van der Waals surface area contributed by atoms with Gasteiger partial charge in [-0.1, -0.05) is 36.4 Å². The highest BCUT2D eigenvalue weighted by Gasteiger charge is 2.16. The summed E-state index contributed by atoms with van der Waals surface area (Å²) in [5.41, 5.74) is 2.82. The Morgan fingerprint density at radius 1 is 1.16 bits per heavy atom. The second kappa shape index (κ2) is 5.57. The number of aryl methyl sites for hydroxylation is 1. The first-order valence-electron chi connectivity index (χ1n) is 6.19. The normalized spacial score (nSPS) is 10.2. The number of carbonyl (C=O) groups is 1. The predicted octanol–water partition coefficient (Wildman–Crippen LogP) is 3.54. The number of phenols is 1. The number of rotatable bonds is 3. The molecule has 2 rings (SSSR count). The van der Waals surface area contributed by atoms with Crippen molar-refractivity contribution in [3.63, 3.8) is 0 Å². The Morgan fingerprint density at radius 2 is 1.84 bits per heavy atom. The van der Waals surface area contributed by atoms with Crippen LogP contribution in [0.15, 0.2) is 42.5 Å². The number of carbonyl (C=O) groups excluding carboxylic acids is 1. The summed E-state index contributed by atoms with van der Waals surface area (Å²) in [5, 5.41) is 10.0. The minimum atomic E-state index is -0.489. The maximum atomic E-state index is 11.8. The molecule has 0 aromatic heterocycles. The molecular weight excluding hydrogens is 240 g/mol. The van der Waals surface area contributed by atoms with E-state index in [1.54, 1.807) is 19.9 Å². The topological polar surface area (TPSA) is 46.5 Å². The van der Waals surface area contributed by atoms with Gasteiger partial charge in [0.1, 0.15) is 11.3 Å². The molecule has 0 aliphatic carbocycles. The number of phenolic OH excluding ortho intramolecular Hbond substituents is 1. The molecule has 0 spiro atoms. The van der Waals surface area contributed by atoms with E-state index in [-0.39, 0.29) is 17.9 Å². The Hall–Kier alpha value is -2.29. The maximum Gasteiger partial charge on any atom is 0.342 e. The van der Waals surface area contributed by atoms with Gasteiger partial charge in [0.05, 0.1) is 6.61 Å². The molecule has 0 unspecified atom stereocenters. The van der Waals surface area contributed by atoms with Crippen LogP contribution in [-0.4, -0.2) is 17.7 Å². The molecule has 0 amide bonds. The second-order valence-electron chi connectivity index (χ2n) is 4.27. The highest BCUT2D eigenvalue weighted by atomic mass is 16.5. The van der Waals surface area contributed by atoms with Gasteiger partial charge in [-0.05, 0) is 36.6 Å². The van der Waals surface area contributed by atoms with Crippen LogP contribution < -0.4 is 0 Å². The Bertz CT molecular complexity index is 565. The molecule has 2 aromatic rings. The lowest BCUT2D eigenvalue weighted by atomic mass is 9.99. The Kier molecular flexibility index (Phi) is 3.85. The van der Waals surface area contributed by atoms with Crippen molar-refractivity contribution in [3.8, 4) is 16.9 Å². The lowest BCUT2D eigenvalue weighted by molar-refractivity contribution is 0.0522. The smallest absolute Gasteiger partial charge is 0.342 e. The Balaban J connectivity index is 2.45. The summed E-state index contributed by atoms with van der Waals surface area (Å²) >= 11 is 0. The third-order valence-corrected chi connectivity index (χ3v) is 2.90.